The average molecular weight is 178 g/mol. The van der Waals surface area contributed by atoms with E-state index in [0.29, 0.717) is 5.82 Å². The third-order valence-corrected chi connectivity index (χ3v) is 2.20. The smallest absolute Gasteiger partial charge is 0.126 e. The summed E-state index contributed by atoms with van der Waals surface area (Å²) in [5, 5.41) is 0. The van der Waals surface area contributed by atoms with Crippen LogP contribution in [-0.2, 0) is 6.42 Å². The van der Waals surface area contributed by atoms with Gasteiger partial charge in [0.25, 0.3) is 0 Å². The molecule has 1 rings (SSSR count). The van der Waals surface area contributed by atoms with Crippen molar-refractivity contribution in [2.75, 3.05) is 5.73 Å². The Morgan fingerprint density at radius 2 is 2.08 bits per heavy atom. The van der Waals surface area contributed by atoms with Crippen molar-refractivity contribution < 1.29 is 0 Å². The summed E-state index contributed by atoms with van der Waals surface area (Å²) in [6, 6.07) is 4.12. The molecule has 0 unspecified atom stereocenters. The Bertz CT molecular complexity index is 269. The van der Waals surface area contributed by atoms with Crippen molar-refractivity contribution in [2.24, 2.45) is 0 Å². The fourth-order valence-electron chi connectivity index (χ4n) is 1.38. The van der Waals surface area contributed by atoms with Crippen molar-refractivity contribution in [1.29, 1.82) is 0 Å². The summed E-state index contributed by atoms with van der Waals surface area (Å²) >= 11 is 0. The zero-order chi connectivity index (χ0) is 9.68. The third-order valence-electron chi connectivity index (χ3n) is 2.20. The van der Waals surface area contributed by atoms with E-state index in [1.54, 1.807) is 0 Å². The van der Waals surface area contributed by atoms with Crippen LogP contribution >= 0.6 is 0 Å². The molecule has 0 fully saturated rings. The zero-order valence-corrected chi connectivity index (χ0v) is 8.51. The molecule has 13 heavy (non-hydrogen) atoms. The maximum Gasteiger partial charge on any atom is 0.126 e. The molecule has 0 saturated carbocycles. The maximum absolute atomic E-state index is 5.79. The molecule has 1 aromatic rings. The molecule has 0 bridgehead atoms. The summed E-state index contributed by atoms with van der Waals surface area (Å²) in [7, 11) is 0. The van der Waals surface area contributed by atoms with E-state index in [4.69, 9.17) is 5.73 Å². The van der Waals surface area contributed by atoms with Crippen LogP contribution in [0.1, 0.15) is 37.4 Å². The zero-order valence-electron chi connectivity index (χ0n) is 8.51. The van der Waals surface area contributed by atoms with Crippen LogP contribution in [-0.4, -0.2) is 4.98 Å². The molecule has 1 aromatic heterocycles. The van der Waals surface area contributed by atoms with Crippen molar-refractivity contribution in [2.45, 2.75) is 39.5 Å². The van der Waals surface area contributed by atoms with Gasteiger partial charge >= 0.3 is 0 Å². The van der Waals surface area contributed by atoms with Crippen LogP contribution in [0.5, 0.6) is 0 Å². The van der Waals surface area contributed by atoms with Gasteiger partial charge in [-0.25, -0.2) is 4.98 Å². The number of anilines is 1. The van der Waals surface area contributed by atoms with Gasteiger partial charge in [0.15, 0.2) is 0 Å². The lowest BCUT2D eigenvalue weighted by Crippen LogP contribution is -1.99. The highest BCUT2D eigenvalue weighted by molar-refractivity contribution is 5.40. The first-order valence-electron chi connectivity index (χ1n) is 4.96. The van der Waals surface area contributed by atoms with Gasteiger partial charge in [-0.2, -0.15) is 0 Å². The van der Waals surface area contributed by atoms with Gasteiger partial charge in [-0.05, 0) is 31.4 Å². The predicted octanol–water partition coefficient (Wildman–Crippen LogP) is 2.70. The highest BCUT2D eigenvalue weighted by Gasteiger charge is 1.99. The minimum absolute atomic E-state index is 0.705. The predicted molar refractivity (Wildman–Crippen MR) is 56.6 cm³/mol. The van der Waals surface area contributed by atoms with Gasteiger partial charge in [0.1, 0.15) is 5.82 Å². The minimum Gasteiger partial charge on any atom is -0.383 e. The summed E-state index contributed by atoms with van der Waals surface area (Å²) in [4.78, 5) is 4.23. The second-order valence-electron chi connectivity index (χ2n) is 3.45. The average Bonchev–Trinajstić information content (AvgIpc) is 2.09. The van der Waals surface area contributed by atoms with E-state index in [2.05, 4.69) is 18.0 Å². The lowest BCUT2D eigenvalue weighted by molar-refractivity contribution is 0.717. The quantitative estimate of drug-likeness (QED) is 0.720. The number of rotatable bonds is 4. The molecule has 0 radical (unpaired) electrons. The monoisotopic (exact) mass is 178 g/mol. The van der Waals surface area contributed by atoms with E-state index < -0.39 is 0 Å². The fourth-order valence-corrected chi connectivity index (χ4v) is 1.38. The number of hydrogen-bond donors (Lipinski definition) is 1. The Hall–Kier alpha value is -1.05. The van der Waals surface area contributed by atoms with Crippen molar-refractivity contribution >= 4 is 5.82 Å². The molecule has 2 nitrogen and oxygen atoms in total. The van der Waals surface area contributed by atoms with E-state index in [0.717, 1.165) is 12.1 Å². The van der Waals surface area contributed by atoms with E-state index in [1.807, 2.05) is 13.0 Å². The Morgan fingerprint density at radius 1 is 1.31 bits per heavy atom. The van der Waals surface area contributed by atoms with Crippen molar-refractivity contribution in [3.05, 3.63) is 23.4 Å². The maximum atomic E-state index is 5.79. The van der Waals surface area contributed by atoms with Crippen LogP contribution < -0.4 is 5.73 Å². The number of nitrogens with two attached hydrogens (primary N) is 1. The molecule has 0 aliphatic carbocycles. The van der Waals surface area contributed by atoms with Gasteiger partial charge in [-0.3, -0.25) is 0 Å². The third kappa shape index (κ3) is 3.05. The first kappa shape index (κ1) is 10.0. The largest absolute Gasteiger partial charge is 0.383 e. The standard InChI is InChI=1S/C11H18N2/c1-3-4-5-6-10-8-7-9(2)13-11(10)12/h7-8H,3-6H2,1-2H3,(H2,12,13). The minimum atomic E-state index is 0.705. The summed E-state index contributed by atoms with van der Waals surface area (Å²) < 4.78 is 0. The lowest BCUT2D eigenvalue weighted by atomic mass is 10.1. The lowest BCUT2D eigenvalue weighted by Gasteiger charge is -2.04. The van der Waals surface area contributed by atoms with Crippen LogP contribution in [0.25, 0.3) is 0 Å². The van der Waals surface area contributed by atoms with Crippen LogP contribution in [0, 0.1) is 6.92 Å². The Morgan fingerprint density at radius 3 is 2.69 bits per heavy atom. The normalized spacial score (nSPS) is 10.3. The van der Waals surface area contributed by atoms with Crippen LogP contribution in [0.4, 0.5) is 5.82 Å². The van der Waals surface area contributed by atoms with Gasteiger partial charge in [0.2, 0.25) is 0 Å². The molecule has 0 saturated heterocycles. The molecule has 2 heteroatoms. The first-order valence-corrected chi connectivity index (χ1v) is 4.96. The van der Waals surface area contributed by atoms with Crippen molar-refractivity contribution in [1.82, 2.24) is 4.98 Å². The Balaban J connectivity index is 2.56. The first-order chi connectivity index (χ1) is 6.24. The Labute approximate surface area is 80.2 Å². The number of nitrogen functional groups attached to an aromatic ring is 1. The van der Waals surface area contributed by atoms with E-state index in [9.17, 15) is 0 Å². The number of nitrogens with zero attached hydrogens (tertiary/aromatic N) is 1. The molecule has 2 N–H and O–H groups in total. The number of aromatic nitrogens is 1. The summed E-state index contributed by atoms with van der Waals surface area (Å²) in [5.74, 6) is 0.705. The topological polar surface area (TPSA) is 38.9 Å². The second-order valence-corrected chi connectivity index (χ2v) is 3.45. The van der Waals surface area contributed by atoms with Gasteiger partial charge in [0, 0.05) is 5.69 Å². The molecule has 0 spiro atoms. The van der Waals surface area contributed by atoms with Crippen molar-refractivity contribution in [3.63, 3.8) is 0 Å². The summed E-state index contributed by atoms with van der Waals surface area (Å²) in [5.41, 5.74) is 7.98. The van der Waals surface area contributed by atoms with Crippen LogP contribution in [0.15, 0.2) is 12.1 Å². The number of pyridine rings is 1. The molecule has 0 aliphatic heterocycles. The number of unbranched alkanes of at least 4 members (excludes halogenated alkanes) is 2. The van der Waals surface area contributed by atoms with E-state index in [-0.39, 0.29) is 0 Å². The SMILES string of the molecule is CCCCCc1ccc(C)nc1N. The molecule has 0 amide bonds. The molecular formula is C11H18N2. The van der Waals surface area contributed by atoms with E-state index in [1.165, 1.54) is 24.8 Å². The van der Waals surface area contributed by atoms with Crippen molar-refractivity contribution in [3.8, 4) is 0 Å². The summed E-state index contributed by atoms with van der Waals surface area (Å²) in [6.07, 6.45) is 4.80. The molecule has 0 atom stereocenters. The second kappa shape index (κ2) is 4.85. The highest BCUT2D eigenvalue weighted by Crippen LogP contribution is 2.13. The Kier molecular flexibility index (Phi) is 3.74. The molecule has 0 aliphatic rings. The van der Waals surface area contributed by atoms with Crippen LogP contribution in [0.2, 0.25) is 0 Å². The highest BCUT2D eigenvalue weighted by atomic mass is 14.8. The molecule has 0 aromatic carbocycles. The molecule has 1 heterocycles. The van der Waals surface area contributed by atoms with E-state index >= 15 is 0 Å². The van der Waals surface area contributed by atoms with Gasteiger partial charge in [0.05, 0.1) is 0 Å². The van der Waals surface area contributed by atoms with Gasteiger partial charge in [-0.15, -0.1) is 0 Å². The fraction of sp³-hybridized carbons (Fsp3) is 0.545. The van der Waals surface area contributed by atoms with Crippen LogP contribution in [0.3, 0.4) is 0 Å². The van der Waals surface area contributed by atoms with Gasteiger partial charge in [-0.1, -0.05) is 25.8 Å². The number of aryl methyl sites for hydroxylation is 2. The molecular weight excluding hydrogens is 160 g/mol. The molecule has 72 valence electrons. The number of hydrogen-bond acceptors (Lipinski definition) is 2. The summed E-state index contributed by atoms with van der Waals surface area (Å²) in [6.45, 7) is 4.17. The van der Waals surface area contributed by atoms with Gasteiger partial charge < -0.3 is 5.73 Å².